The molecule has 0 aliphatic rings. The van der Waals surface area contributed by atoms with E-state index in [4.69, 9.17) is 0 Å². The van der Waals surface area contributed by atoms with Crippen molar-refractivity contribution >= 4 is 16.0 Å². The largest absolute Gasteiger partial charge is 0.747 e. The standard InChI is InChI=1S/C5H9NO4S/c1-4(2)5(7)6-3-11(8,9)10/h1,3H2,2H3,(H,6,7)(H,8,9,10)/p-1. The van der Waals surface area contributed by atoms with Crippen molar-refractivity contribution in [2.75, 3.05) is 5.88 Å². The molecular weight excluding hydrogens is 170 g/mol. The Morgan fingerprint density at radius 1 is 1.64 bits per heavy atom. The lowest BCUT2D eigenvalue weighted by Crippen LogP contribution is -2.29. The fourth-order valence-corrected chi connectivity index (χ4v) is 0.613. The van der Waals surface area contributed by atoms with Crippen molar-refractivity contribution in [3.8, 4) is 0 Å². The lowest BCUT2D eigenvalue weighted by Gasteiger charge is -2.07. The number of nitrogens with one attached hydrogen (secondary N) is 1. The van der Waals surface area contributed by atoms with Crippen LogP contribution in [-0.2, 0) is 14.9 Å². The quantitative estimate of drug-likeness (QED) is 0.452. The molecule has 0 bridgehead atoms. The van der Waals surface area contributed by atoms with Crippen LogP contribution < -0.4 is 5.32 Å². The summed E-state index contributed by atoms with van der Waals surface area (Å²) in [4.78, 5) is 10.6. The second-order valence-electron chi connectivity index (χ2n) is 1.99. The third kappa shape index (κ3) is 5.56. The van der Waals surface area contributed by atoms with Crippen molar-refractivity contribution in [2.24, 2.45) is 0 Å². The maximum Gasteiger partial charge on any atom is 0.247 e. The molecule has 5 nitrogen and oxygen atoms in total. The van der Waals surface area contributed by atoms with Crippen LogP contribution in [0.15, 0.2) is 12.2 Å². The maximum absolute atomic E-state index is 10.6. The Hall–Kier alpha value is -0.880. The molecule has 0 saturated heterocycles. The Morgan fingerprint density at radius 2 is 2.09 bits per heavy atom. The topological polar surface area (TPSA) is 86.3 Å². The van der Waals surface area contributed by atoms with Gasteiger partial charge in [-0.3, -0.25) is 4.79 Å². The van der Waals surface area contributed by atoms with Crippen LogP contribution in [0.25, 0.3) is 0 Å². The molecule has 0 radical (unpaired) electrons. The van der Waals surface area contributed by atoms with Crippen LogP contribution in [0.1, 0.15) is 6.92 Å². The summed E-state index contributed by atoms with van der Waals surface area (Å²) < 4.78 is 29.9. The smallest absolute Gasteiger partial charge is 0.247 e. The highest BCUT2D eigenvalue weighted by molar-refractivity contribution is 7.85. The van der Waals surface area contributed by atoms with Gasteiger partial charge >= 0.3 is 0 Å². The first-order valence-electron chi connectivity index (χ1n) is 2.70. The van der Waals surface area contributed by atoms with Gasteiger partial charge in [0.1, 0.15) is 16.0 Å². The van der Waals surface area contributed by atoms with Crippen molar-refractivity contribution in [2.45, 2.75) is 6.92 Å². The van der Waals surface area contributed by atoms with Crippen molar-refractivity contribution < 1.29 is 17.8 Å². The number of hydrogen-bond donors (Lipinski definition) is 1. The van der Waals surface area contributed by atoms with E-state index in [2.05, 4.69) is 6.58 Å². The van der Waals surface area contributed by atoms with Gasteiger partial charge in [-0.25, -0.2) is 8.42 Å². The highest BCUT2D eigenvalue weighted by atomic mass is 32.2. The molecule has 0 rings (SSSR count). The van der Waals surface area contributed by atoms with E-state index in [0.29, 0.717) is 0 Å². The molecule has 0 aromatic heterocycles. The van der Waals surface area contributed by atoms with Gasteiger partial charge in [0.25, 0.3) is 0 Å². The van der Waals surface area contributed by atoms with Gasteiger partial charge < -0.3 is 9.87 Å². The first kappa shape index (κ1) is 10.1. The Morgan fingerprint density at radius 3 is 2.36 bits per heavy atom. The van der Waals surface area contributed by atoms with Gasteiger partial charge in [0.15, 0.2) is 0 Å². The van der Waals surface area contributed by atoms with E-state index >= 15 is 0 Å². The average molecular weight is 178 g/mol. The molecule has 0 heterocycles. The number of amides is 1. The summed E-state index contributed by atoms with van der Waals surface area (Å²) in [6.45, 7) is 4.66. The number of hydrogen-bond acceptors (Lipinski definition) is 4. The van der Waals surface area contributed by atoms with Crippen molar-refractivity contribution in [3.63, 3.8) is 0 Å². The van der Waals surface area contributed by atoms with Crippen LogP contribution in [0.2, 0.25) is 0 Å². The first-order chi connectivity index (χ1) is 4.83. The average Bonchev–Trinajstić information content (AvgIpc) is 1.80. The molecule has 1 amide bonds. The van der Waals surface area contributed by atoms with Crippen molar-refractivity contribution in [1.82, 2.24) is 5.32 Å². The zero-order chi connectivity index (χ0) is 9.07. The van der Waals surface area contributed by atoms with E-state index in [1.165, 1.54) is 6.92 Å². The van der Waals surface area contributed by atoms with Crippen LogP contribution in [0.4, 0.5) is 0 Å². The van der Waals surface area contributed by atoms with E-state index in [0.717, 1.165) is 0 Å². The molecule has 0 aromatic carbocycles. The SMILES string of the molecule is C=C(C)C(=O)NCS(=O)(=O)[O-]. The van der Waals surface area contributed by atoms with Gasteiger partial charge in [-0.2, -0.15) is 0 Å². The normalized spacial score (nSPS) is 10.7. The summed E-state index contributed by atoms with van der Waals surface area (Å²) in [6, 6.07) is 0. The molecule has 0 aliphatic carbocycles. The van der Waals surface area contributed by atoms with Gasteiger partial charge in [0.2, 0.25) is 5.91 Å². The fraction of sp³-hybridized carbons (Fsp3) is 0.400. The van der Waals surface area contributed by atoms with Crippen LogP contribution in [0, 0.1) is 0 Å². The van der Waals surface area contributed by atoms with Crippen LogP contribution in [0.5, 0.6) is 0 Å². The summed E-state index contributed by atoms with van der Waals surface area (Å²) >= 11 is 0. The lowest BCUT2D eigenvalue weighted by molar-refractivity contribution is -0.117. The second-order valence-corrected chi connectivity index (χ2v) is 3.39. The molecule has 0 saturated carbocycles. The summed E-state index contributed by atoms with van der Waals surface area (Å²) in [5.74, 6) is -1.52. The molecule has 1 N–H and O–H groups in total. The van der Waals surface area contributed by atoms with E-state index in [-0.39, 0.29) is 5.57 Å². The molecule has 6 heteroatoms. The lowest BCUT2D eigenvalue weighted by atomic mass is 10.3. The van der Waals surface area contributed by atoms with Gasteiger partial charge in [-0.05, 0) is 6.92 Å². The Bertz CT molecular complexity index is 266. The summed E-state index contributed by atoms with van der Waals surface area (Å²) in [5, 5.41) is 1.88. The second kappa shape index (κ2) is 3.49. The monoisotopic (exact) mass is 178 g/mol. The van der Waals surface area contributed by atoms with E-state index in [9.17, 15) is 17.8 Å². The molecule has 0 unspecified atom stereocenters. The van der Waals surface area contributed by atoms with E-state index in [1.54, 1.807) is 0 Å². The van der Waals surface area contributed by atoms with Crippen LogP contribution in [-0.4, -0.2) is 24.8 Å². The van der Waals surface area contributed by atoms with Crippen LogP contribution >= 0.6 is 0 Å². The molecule has 11 heavy (non-hydrogen) atoms. The van der Waals surface area contributed by atoms with Crippen molar-refractivity contribution in [1.29, 1.82) is 0 Å². The van der Waals surface area contributed by atoms with Crippen LogP contribution in [0.3, 0.4) is 0 Å². The minimum atomic E-state index is -4.38. The highest BCUT2D eigenvalue weighted by Gasteiger charge is 2.01. The molecule has 0 spiro atoms. The third-order valence-electron chi connectivity index (χ3n) is 0.797. The Balaban J connectivity index is 3.92. The minimum absolute atomic E-state index is 0.161. The molecule has 0 fully saturated rings. The van der Waals surface area contributed by atoms with Gasteiger partial charge in [0.05, 0.1) is 0 Å². The summed E-state index contributed by atoms with van der Waals surface area (Å²) in [7, 11) is -4.38. The van der Waals surface area contributed by atoms with Gasteiger partial charge in [-0.15, -0.1) is 0 Å². The Kier molecular flexibility index (Phi) is 3.21. The predicted molar refractivity (Wildman–Crippen MR) is 37.5 cm³/mol. The van der Waals surface area contributed by atoms with Crippen molar-refractivity contribution in [3.05, 3.63) is 12.2 Å². The number of rotatable bonds is 3. The maximum atomic E-state index is 10.6. The molecule has 0 aromatic rings. The summed E-state index contributed by atoms with van der Waals surface area (Å²) in [6.07, 6.45) is 0. The number of carbonyl (C=O) groups excluding carboxylic acids is 1. The molecule has 0 atom stereocenters. The zero-order valence-electron chi connectivity index (χ0n) is 5.96. The Labute approximate surface area is 64.8 Å². The first-order valence-corrected chi connectivity index (χ1v) is 4.28. The zero-order valence-corrected chi connectivity index (χ0v) is 6.77. The fourth-order valence-electron chi connectivity index (χ4n) is 0.305. The van der Waals surface area contributed by atoms with Gasteiger partial charge in [0, 0.05) is 5.57 Å². The minimum Gasteiger partial charge on any atom is -0.747 e. The molecule has 64 valence electrons. The third-order valence-corrected chi connectivity index (χ3v) is 1.30. The van der Waals surface area contributed by atoms with E-state index in [1.807, 2.05) is 5.32 Å². The van der Waals surface area contributed by atoms with Gasteiger partial charge in [-0.1, -0.05) is 6.58 Å². The molecular formula is C5H8NO4S-. The number of carbonyl (C=O) groups is 1. The highest BCUT2D eigenvalue weighted by Crippen LogP contribution is 1.86. The predicted octanol–water partition coefficient (Wildman–Crippen LogP) is -0.819. The summed E-state index contributed by atoms with van der Waals surface area (Å²) in [5.41, 5.74) is 0.161. The van der Waals surface area contributed by atoms with E-state index < -0.39 is 21.9 Å². The molecule has 0 aliphatic heterocycles.